The topological polar surface area (TPSA) is 113 Å². The molecule has 0 amide bonds. The van der Waals surface area contributed by atoms with E-state index in [0.717, 1.165) is 18.5 Å². The number of hydrogen-bond acceptors (Lipinski definition) is 6. The monoisotopic (exact) mass is 396 g/mol. The van der Waals surface area contributed by atoms with Crippen LogP contribution in [0.2, 0.25) is 10.0 Å². The predicted octanol–water partition coefficient (Wildman–Crippen LogP) is 2.30. The number of benzene rings is 1. The van der Waals surface area contributed by atoms with Crippen LogP contribution in [0.4, 0.5) is 5.69 Å². The van der Waals surface area contributed by atoms with Crippen molar-refractivity contribution in [3.8, 4) is 5.75 Å². The number of rotatable bonds is 4. The number of sulfonamides is 1. The molecule has 0 saturated heterocycles. The number of pyridine rings is 1. The second kappa shape index (κ2) is 6.16. The van der Waals surface area contributed by atoms with Gasteiger partial charge in [-0.25, -0.2) is 21.8 Å². The van der Waals surface area contributed by atoms with E-state index in [1.807, 2.05) is 0 Å². The SMILES string of the molecule is CS(=O)(=O)c1cc(O)c(NS(=O)(=O)c2cc(Cl)cc(Cl)c2)cn1. The van der Waals surface area contributed by atoms with Crippen LogP contribution in [-0.2, 0) is 19.9 Å². The van der Waals surface area contributed by atoms with Gasteiger partial charge in [0.25, 0.3) is 10.0 Å². The van der Waals surface area contributed by atoms with Crippen molar-refractivity contribution in [2.45, 2.75) is 9.92 Å². The summed E-state index contributed by atoms with van der Waals surface area (Å²) in [4.78, 5) is 3.38. The van der Waals surface area contributed by atoms with Crippen LogP contribution in [0.15, 0.2) is 40.4 Å². The molecule has 2 rings (SSSR count). The molecule has 0 saturated carbocycles. The van der Waals surface area contributed by atoms with Gasteiger partial charge in [0.15, 0.2) is 14.9 Å². The van der Waals surface area contributed by atoms with Crippen molar-refractivity contribution < 1.29 is 21.9 Å². The zero-order valence-electron chi connectivity index (χ0n) is 11.5. The number of nitrogens with one attached hydrogen (secondary N) is 1. The standard InChI is InChI=1S/C12H10Cl2N2O5S2/c1-22(18,19)12-5-11(17)10(6-15-12)16-23(20,21)9-3-7(13)2-8(14)4-9/h2-6,16H,1H3,(H,15,17). The lowest BCUT2D eigenvalue weighted by atomic mass is 10.4. The highest BCUT2D eigenvalue weighted by molar-refractivity contribution is 7.92. The average Bonchev–Trinajstić information content (AvgIpc) is 2.38. The first-order valence-corrected chi connectivity index (χ1v) is 10.00. The first-order valence-electron chi connectivity index (χ1n) is 5.87. The molecule has 23 heavy (non-hydrogen) atoms. The molecule has 2 aromatic rings. The summed E-state index contributed by atoms with van der Waals surface area (Å²) in [5, 5.41) is 9.64. The van der Waals surface area contributed by atoms with E-state index >= 15 is 0 Å². The minimum Gasteiger partial charge on any atom is -0.506 e. The Balaban J connectivity index is 2.41. The lowest BCUT2D eigenvalue weighted by molar-refractivity contribution is 0.474. The highest BCUT2D eigenvalue weighted by Gasteiger charge is 2.19. The van der Waals surface area contributed by atoms with Gasteiger partial charge >= 0.3 is 0 Å². The Morgan fingerprint density at radius 3 is 2.09 bits per heavy atom. The quantitative estimate of drug-likeness (QED) is 0.819. The van der Waals surface area contributed by atoms with E-state index in [2.05, 4.69) is 9.71 Å². The largest absolute Gasteiger partial charge is 0.506 e. The predicted molar refractivity (Wildman–Crippen MR) is 86.3 cm³/mol. The smallest absolute Gasteiger partial charge is 0.262 e. The molecular weight excluding hydrogens is 387 g/mol. The molecule has 1 heterocycles. The van der Waals surface area contributed by atoms with Gasteiger partial charge in [0, 0.05) is 22.4 Å². The van der Waals surface area contributed by atoms with Crippen LogP contribution in [0.25, 0.3) is 0 Å². The van der Waals surface area contributed by atoms with E-state index in [9.17, 15) is 21.9 Å². The van der Waals surface area contributed by atoms with Crippen LogP contribution < -0.4 is 4.72 Å². The van der Waals surface area contributed by atoms with Gasteiger partial charge in [0.2, 0.25) is 0 Å². The van der Waals surface area contributed by atoms with Crippen LogP contribution >= 0.6 is 23.2 Å². The maximum Gasteiger partial charge on any atom is 0.262 e. The lowest BCUT2D eigenvalue weighted by Crippen LogP contribution is -2.13. The van der Waals surface area contributed by atoms with Crippen molar-refractivity contribution in [1.82, 2.24) is 4.98 Å². The van der Waals surface area contributed by atoms with E-state index in [1.165, 1.54) is 18.2 Å². The molecule has 11 heteroatoms. The average molecular weight is 397 g/mol. The molecule has 124 valence electrons. The molecule has 0 unspecified atom stereocenters. The Morgan fingerprint density at radius 2 is 1.61 bits per heavy atom. The first-order chi connectivity index (χ1) is 10.5. The third kappa shape index (κ3) is 4.25. The number of aromatic nitrogens is 1. The first kappa shape index (κ1) is 17.8. The molecule has 0 atom stereocenters. The summed E-state index contributed by atoms with van der Waals surface area (Å²) in [5.74, 6) is -0.586. The second-order valence-corrected chi connectivity index (χ2v) is 9.04. The van der Waals surface area contributed by atoms with Crippen molar-refractivity contribution in [2.24, 2.45) is 0 Å². The zero-order valence-corrected chi connectivity index (χ0v) is 14.6. The summed E-state index contributed by atoms with van der Waals surface area (Å²) in [6.45, 7) is 0. The van der Waals surface area contributed by atoms with Gasteiger partial charge in [0.1, 0.15) is 11.4 Å². The Bertz CT molecular complexity index is 955. The Kier molecular flexibility index (Phi) is 4.76. The van der Waals surface area contributed by atoms with Crippen molar-refractivity contribution in [3.05, 3.63) is 40.5 Å². The van der Waals surface area contributed by atoms with E-state index in [0.29, 0.717) is 0 Å². The fourth-order valence-corrected chi connectivity index (χ4v) is 3.95. The highest BCUT2D eigenvalue weighted by atomic mass is 35.5. The summed E-state index contributed by atoms with van der Waals surface area (Å²) >= 11 is 11.5. The van der Waals surface area contributed by atoms with Crippen LogP contribution in [0.3, 0.4) is 0 Å². The van der Waals surface area contributed by atoms with Gasteiger partial charge in [-0.1, -0.05) is 23.2 Å². The van der Waals surface area contributed by atoms with Gasteiger partial charge < -0.3 is 5.11 Å². The molecule has 0 bridgehead atoms. The molecule has 7 nitrogen and oxygen atoms in total. The number of hydrogen-bond donors (Lipinski definition) is 2. The molecule has 0 spiro atoms. The highest BCUT2D eigenvalue weighted by Crippen LogP contribution is 2.28. The van der Waals surface area contributed by atoms with E-state index in [4.69, 9.17) is 23.2 Å². The van der Waals surface area contributed by atoms with Crippen molar-refractivity contribution in [1.29, 1.82) is 0 Å². The van der Waals surface area contributed by atoms with Gasteiger partial charge in [-0.2, -0.15) is 0 Å². The zero-order chi connectivity index (χ0) is 17.4. The number of nitrogens with zero attached hydrogens (tertiary/aromatic N) is 1. The molecule has 0 aliphatic rings. The summed E-state index contributed by atoms with van der Waals surface area (Å²) in [6, 6.07) is 4.55. The summed E-state index contributed by atoms with van der Waals surface area (Å²) in [5.41, 5.74) is -0.284. The van der Waals surface area contributed by atoms with Crippen LogP contribution in [0.5, 0.6) is 5.75 Å². The lowest BCUT2D eigenvalue weighted by Gasteiger charge is -2.10. The fraction of sp³-hybridized carbons (Fsp3) is 0.0833. The molecule has 1 aromatic carbocycles. The molecule has 0 radical (unpaired) electrons. The fourth-order valence-electron chi connectivity index (χ4n) is 1.60. The van der Waals surface area contributed by atoms with E-state index in [-0.39, 0.29) is 25.7 Å². The summed E-state index contributed by atoms with van der Waals surface area (Å²) in [7, 11) is -7.73. The number of halogens is 2. The number of sulfone groups is 1. The van der Waals surface area contributed by atoms with Crippen LogP contribution in [0, 0.1) is 0 Å². The van der Waals surface area contributed by atoms with E-state index in [1.54, 1.807) is 0 Å². The summed E-state index contributed by atoms with van der Waals surface area (Å²) in [6.07, 6.45) is 1.81. The molecule has 0 fully saturated rings. The molecule has 1 aromatic heterocycles. The van der Waals surface area contributed by atoms with Gasteiger partial charge in [-0.05, 0) is 18.2 Å². The normalized spacial score (nSPS) is 12.1. The third-order valence-electron chi connectivity index (χ3n) is 2.63. The van der Waals surface area contributed by atoms with Crippen LogP contribution in [-0.4, -0.2) is 33.2 Å². The Labute approximate surface area is 142 Å². The van der Waals surface area contributed by atoms with Crippen LogP contribution in [0.1, 0.15) is 0 Å². The van der Waals surface area contributed by atoms with Gasteiger partial charge in [0.05, 0.1) is 11.1 Å². The van der Waals surface area contributed by atoms with Crippen molar-refractivity contribution in [2.75, 3.05) is 11.0 Å². The minimum absolute atomic E-state index is 0.118. The molecule has 0 aliphatic heterocycles. The second-order valence-electron chi connectivity index (χ2n) is 4.52. The maximum atomic E-state index is 12.3. The molecule has 0 aliphatic carbocycles. The number of anilines is 1. The molecular formula is C12H10Cl2N2O5S2. The Hall–Kier alpha value is -1.55. The van der Waals surface area contributed by atoms with Gasteiger partial charge in [-0.15, -0.1) is 0 Å². The Morgan fingerprint density at radius 1 is 1.04 bits per heavy atom. The maximum absolute atomic E-state index is 12.3. The molecule has 2 N–H and O–H groups in total. The van der Waals surface area contributed by atoms with Gasteiger partial charge in [-0.3, -0.25) is 4.72 Å². The minimum atomic E-state index is -4.10. The van der Waals surface area contributed by atoms with Crippen molar-refractivity contribution >= 4 is 48.7 Å². The van der Waals surface area contributed by atoms with Crippen molar-refractivity contribution in [3.63, 3.8) is 0 Å². The summed E-state index contributed by atoms with van der Waals surface area (Å²) < 4.78 is 49.3. The van der Waals surface area contributed by atoms with E-state index < -0.39 is 25.6 Å². The number of aromatic hydroxyl groups is 1. The third-order valence-corrected chi connectivity index (χ3v) is 5.39.